The molecule has 10 nitrogen and oxygen atoms in total. The summed E-state index contributed by atoms with van der Waals surface area (Å²) in [6, 6.07) is 0. The van der Waals surface area contributed by atoms with E-state index in [-0.39, 0.29) is 48.7 Å². The van der Waals surface area contributed by atoms with Gasteiger partial charge in [-0.2, -0.15) is 5.21 Å². The number of hydrogen-bond donors (Lipinski definition) is 1. The van der Waals surface area contributed by atoms with E-state index in [4.69, 9.17) is 23.7 Å². The van der Waals surface area contributed by atoms with Crippen molar-refractivity contribution in [2.24, 2.45) is 11.8 Å². The summed E-state index contributed by atoms with van der Waals surface area (Å²) in [5.74, 6) is 0.865. The van der Waals surface area contributed by atoms with Crippen LogP contribution in [0.2, 0.25) is 0 Å². The molecule has 0 spiro atoms. The zero-order valence-corrected chi connectivity index (χ0v) is 25.9. The average molecular weight is 591 g/mol. The van der Waals surface area contributed by atoms with Crippen molar-refractivity contribution in [2.75, 3.05) is 13.2 Å². The number of aryl methyl sites for hydroxylation is 1. The normalized spacial score (nSPS) is 29.2. The molecule has 238 valence electrons. The minimum atomic E-state index is -0.224. The first-order valence-electron chi connectivity index (χ1n) is 16.7. The number of hydrogen-bond acceptors (Lipinski definition) is 9. The summed E-state index contributed by atoms with van der Waals surface area (Å²) in [6.45, 7) is 5.26. The van der Waals surface area contributed by atoms with Gasteiger partial charge in [0, 0.05) is 44.8 Å². The Morgan fingerprint density at radius 1 is 1.00 bits per heavy atom. The van der Waals surface area contributed by atoms with E-state index >= 15 is 0 Å². The molecule has 10 heteroatoms. The molecule has 42 heavy (non-hydrogen) atoms. The molecule has 1 aromatic heterocycles. The van der Waals surface area contributed by atoms with Gasteiger partial charge in [0.2, 0.25) is 0 Å². The molecule has 7 unspecified atom stereocenters. The number of nitrogens with one attached hydrogen (secondary N) is 1. The van der Waals surface area contributed by atoms with Gasteiger partial charge in [-0.05, 0) is 57.8 Å². The van der Waals surface area contributed by atoms with Gasteiger partial charge in [0.05, 0.1) is 12.2 Å². The molecular weight excluding hydrogens is 536 g/mol. The first-order chi connectivity index (χ1) is 20.6. The van der Waals surface area contributed by atoms with E-state index in [9.17, 15) is 4.79 Å². The summed E-state index contributed by atoms with van der Waals surface area (Å²) in [5.41, 5.74) is 0. The molecule has 1 saturated carbocycles. The number of esters is 1. The number of aromatic amines is 1. The second kappa shape index (κ2) is 18.7. The molecule has 7 atom stereocenters. The Bertz CT molecular complexity index is 888. The lowest BCUT2D eigenvalue weighted by Gasteiger charge is -2.30. The Morgan fingerprint density at radius 3 is 2.48 bits per heavy atom. The fourth-order valence-corrected chi connectivity index (χ4v) is 6.61. The van der Waals surface area contributed by atoms with E-state index in [0.717, 1.165) is 109 Å². The third-order valence-corrected chi connectivity index (χ3v) is 8.83. The Labute approximate surface area is 252 Å². The fourth-order valence-electron chi connectivity index (χ4n) is 6.61. The van der Waals surface area contributed by atoms with Crippen molar-refractivity contribution in [1.82, 2.24) is 20.6 Å². The minimum Gasteiger partial charge on any atom is -0.462 e. The van der Waals surface area contributed by atoms with Gasteiger partial charge in [0.15, 0.2) is 18.4 Å². The molecule has 0 amide bonds. The predicted octanol–water partition coefficient (Wildman–Crippen LogP) is 6.22. The first-order valence-corrected chi connectivity index (χ1v) is 16.7. The quantitative estimate of drug-likeness (QED) is 0.121. The zero-order valence-electron chi connectivity index (χ0n) is 25.9. The molecule has 0 bridgehead atoms. The monoisotopic (exact) mass is 590 g/mol. The van der Waals surface area contributed by atoms with Crippen molar-refractivity contribution in [1.29, 1.82) is 0 Å². The smallest absolute Gasteiger partial charge is 0.302 e. The SMILES string of the molecule is CCCCCC(C=CC1C(OC2CCCCO2)CC(OC(C)=O)C1CCCCCCc1nn[nH]n1)OC1CCCCO1. The number of carbonyl (C=O) groups excluding carboxylic acids is 1. The summed E-state index contributed by atoms with van der Waals surface area (Å²) >= 11 is 0. The van der Waals surface area contributed by atoms with Gasteiger partial charge in [-0.25, -0.2) is 0 Å². The van der Waals surface area contributed by atoms with Crippen LogP contribution in [0.3, 0.4) is 0 Å². The molecule has 3 heterocycles. The summed E-state index contributed by atoms with van der Waals surface area (Å²) in [6.07, 6.45) is 21.7. The van der Waals surface area contributed by atoms with Crippen LogP contribution in [-0.2, 0) is 34.9 Å². The number of nitrogens with zero attached hydrogens (tertiary/aromatic N) is 3. The van der Waals surface area contributed by atoms with Crippen LogP contribution >= 0.6 is 0 Å². The topological polar surface area (TPSA) is 118 Å². The van der Waals surface area contributed by atoms with E-state index in [2.05, 4.69) is 39.7 Å². The second-order valence-electron chi connectivity index (χ2n) is 12.2. The van der Waals surface area contributed by atoms with Crippen molar-refractivity contribution in [3.63, 3.8) is 0 Å². The molecule has 2 aliphatic heterocycles. The lowest BCUT2D eigenvalue weighted by atomic mass is 9.87. The summed E-state index contributed by atoms with van der Waals surface area (Å²) in [4.78, 5) is 12.2. The van der Waals surface area contributed by atoms with E-state index in [1.165, 1.54) is 19.8 Å². The van der Waals surface area contributed by atoms with Crippen LogP contribution < -0.4 is 0 Å². The maximum absolute atomic E-state index is 12.2. The molecule has 2 saturated heterocycles. The maximum Gasteiger partial charge on any atom is 0.302 e. The van der Waals surface area contributed by atoms with Crippen LogP contribution in [0.1, 0.15) is 122 Å². The van der Waals surface area contributed by atoms with Gasteiger partial charge >= 0.3 is 5.97 Å². The molecule has 3 aliphatic rings. The van der Waals surface area contributed by atoms with Crippen LogP contribution in [0.15, 0.2) is 12.2 Å². The molecule has 4 rings (SSSR count). The van der Waals surface area contributed by atoms with Gasteiger partial charge in [-0.3, -0.25) is 4.79 Å². The predicted molar refractivity (Wildman–Crippen MR) is 158 cm³/mol. The van der Waals surface area contributed by atoms with Crippen molar-refractivity contribution in [3.05, 3.63) is 18.0 Å². The molecule has 3 fully saturated rings. The van der Waals surface area contributed by atoms with Crippen molar-refractivity contribution >= 4 is 5.97 Å². The van der Waals surface area contributed by atoms with Gasteiger partial charge in [0.25, 0.3) is 0 Å². The molecule has 0 radical (unpaired) electrons. The molecular formula is C32H54N4O6. The Hall–Kier alpha value is -1.88. The number of rotatable bonds is 18. The third-order valence-electron chi connectivity index (χ3n) is 8.83. The molecule has 0 aromatic carbocycles. The van der Waals surface area contributed by atoms with E-state index in [0.29, 0.717) is 6.42 Å². The van der Waals surface area contributed by atoms with E-state index < -0.39 is 0 Å². The lowest BCUT2D eigenvalue weighted by molar-refractivity contribution is -0.193. The van der Waals surface area contributed by atoms with E-state index in [1.807, 2.05) is 0 Å². The van der Waals surface area contributed by atoms with Crippen molar-refractivity contribution in [2.45, 2.75) is 154 Å². The number of aromatic nitrogens is 4. The van der Waals surface area contributed by atoms with Crippen LogP contribution in [0.4, 0.5) is 0 Å². The average Bonchev–Trinajstić information content (AvgIpc) is 3.62. The van der Waals surface area contributed by atoms with Crippen LogP contribution in [0, 0.1) is 11.8 Å². The highest BCUT2D eigenvalue weighted by Crippen LogP contribution is 2.42. The van der Waals surface area contributed by atoms with Gasteiger partial charge in [-0.1, -0.05) is 62.8 Å². The molecule has 1 aromatic rings. The number of tetrazole rings is 1. The van der Waals surface area contributed by atoms with E-state index in [1.54, 1.807) is 0 Å². The summed E-state index contributed by atoms with van der Waals surface area (Å²) in [7, 11) is 0. The zero-order chi connectivity index (χ0) is 29.4. The number of unbranched alkanes of at least 4 members (excludes halogenated alkanes) is 5. The van der Waals surface area contributed by atoms with Crippen molar-refractivity contribution < 1.29 is 28.5 Å². The third kappa shape index (κ3) is 11.3. The Balaban J connectivity index is 1.43. The van der Waals surface area contributed by atoms with Gasteiger partial charge < -0.3 is 23.7 Å². The number of ether oxygens (including phenoxy) is 5. The minimum absolute atomic E-state index is 0.00444. The van der Waals surface area contributed by atoms with Gasteiger partial charge in [-0.15, -0.1) is 10.2 Å². The van der Waals surface area contributed by atoms with Crippen molar-refractivity contribution in [3.8, 4) is 0 Å². The summed E-state index contributed by atoms with van der Waals surface area (Å²) < 4.78 is 31.0. The van der Waals surface area contributed by atoms with Gasteiger partial charge in [0.1, 0.15) is 6.10 Å². The Kier molecular flexibility index (Phi) is 14.7. The van der Waals surface area contributed by atoms with Crippen LogP contribution in [0.25, 0.3) is 0 Å². The largest absolute Gasteiger partial charge is 0.462 e. The molecule has 1 aliphatic carbocycles. The number of H-pyrrole nitrogens is 1. The maximum atomic E-state index is 12.2. The molecule has 1 N–H and O–H groups in total. The second-order valence-corrected chi connectivity index (χ2v) is 12.2. The lowest BCUT2D eigenvalue weighted by Crippen LogP contribution is -2.31. The fraction of sp³-hybridized carbons (Fsp3) is 0.875. The highest BCUT2D eigenvalue weighted by Gasteiger charge is 2.45. The first kappa shape index (κ1) is 33.0. The Morgan fingerprint density at radius 2 is 1.79 bits per heavy atom. The van der Waals surface area contributed by atoms with Crippen LogP contribution in [0.5, 0.6) is 0 Å². The number of carbonyl (C=O) groups is 1. The van der Waals surface area contributed by atoms with Crippen LogP contribution in [-0.4, -0.2) is 70.7 Å². The highest BCUT2D eigenvalue weighted by molar-refractivity contribution is 5.66. The highest BCUT2D eigenvalue weighted by atomic mass is 16.7. The summed E-state index contributed by atoms with van der Waals surface area (Å²) in [5, 5.41) is 14.3. The standard InChI is InChI=1S/C32H54N4O6/c1-3-4-7-14-25(41-31-17-10-12-21-38-31)19-20-27-26(15-8-5-6-9-16-30-33-35-36-34-30)28(40-24(2)37)23-29(27)42-32-18-11-13-22-39-32/h19-20,25-29,31-32H,3-18,21-23H2,1-2H3,(H,33,34,35,36).